The maximum atomic E-state index is 12.1. The molecule has 1 rings (SSSR count). The van der Waals surface area contributed by atoms with E-state index in [4.69, 9.17) is 4.74 Å². The second-order valence-electron chi connectivity index (χ2n) is 5.53. The van der Waals surface area contributed by atoms with E-state index >= 15 is 0 Å². The van der Waals surface area contributed by atoms with E-state index in [1.807, 2.05) is 6.92 Å². The highest BCUT2D eigenvalue weighted by Crippen LogP contribution is 2.38. The van der Waals surface area contributed by atoms with E-state index in [1.54, 1.807) is 26.0 Å². The molecule has 0 aromatic carbocycles. The van der Waals surface area contributed by atoms with Crippen molar-refractivity contribution in [1.82, 2.24) is 10.2 Å². The van der Waals surface area contributed by atoms with Crippen molar-refractivity contribution >= 4 is 12.0 Å². The SMILES string of the molecule is COCC(C)N(C)C(=O)NC1CCCC1(C)C(=O)O. The Morgan fingerprint density at radius 2 is 2.21 bits per heavy atom. The Balaban J connectivity index is 2.64. The normalized spacial score (nSPS) is 27.9. The lowest BCUT2D eigenvalue weighted by atomic mass is 9.85. The second-order valence-corrected chi connectivity index (χ2v) is 5.53. The third kappa shape index (κ3) is 3.37. The molecule has 110 valence electrons. The molecule has 1 fully saturated rings. The van der Waals surface area contributed by atoms with Crippen LogP contribution in [0.5, 0.6) is 0 Å². The molecule has 3 unspecified atom stereocenters. The number of amides is 2. The van der Waals surface area contributed by atoms with Gasteiger partial charge in [-0.1, -0.05) is 6.42 Å². The van der Waals surface area contributed by atoms with Crippen LogP contribution in [-0.2, 0) is 9.53 Å². The van der Waals surface area contributed by atoms with Crippen LogP contribution in [0.2, 0.25) is 0 Å². The van der Waals surface area contributed by atoms with Crippen molar-refractivity contribution in [3.8, 4) is 0 Å². The van der Waals surface area contributed by atoms with Gasteiger partial charge >= 0.3 is 12.0 Å². The molecule has 0 bridgehead atoms. The van der Waals surface area contributed by atoms with E-state index in [0.29, 0.717) is 19.4 Å². The summed E-state index contributed by atoms with van der Waals surface area (Å²) in [6.45, 7) is 4.03. The molecule has 2 N–H and O–H groups in total. The Labute approximate surface area is 114 Å². The van der Waals surface area contributed by atoms with E-state index in [2.05, 4.69) is 5.32 Å². The minimum Gasteiger partial charge on any atom is -0.481 e. The van der Waals surface area contributed by atoms with Crippen LogP contribution in [0.25, 0.3) is 0 Å². The van der Waals surface area contributed by atoms with E-state index in [9.17, 15) is 14.7 Å². The molecule has 6 nitrogen and oxygen atoms in total. The van der Waals surface area contributed by atoms with Crippen LogP contribution < -0.4 is 5.32 Å². The molecule has 0 spiro atoms. The molecule has 6 heteroatoms. The number of aliphatic carboxylic acids is 1. The van der Waals surface area contributed by atoms with Gasteiger partial charge in [0.25, 0.3) is 0 Å². The topological polar surface area (TPSA) is 78.9 Å². The van der Waals surface area contributed by atoms with Gasteiger partial charge in [0.1, 0.15) is 0 Å². The van der Waals surface area contributed by atoms with Gasteiger partial charge in [-0.3, -0.25) is 4.79 Å². The van der Waals surface area contributed by atoms with E-state index in [0.717, 1.165) is 6.42 Å². The number of nitrogens with one attached hydrogen (secondary N) is 1. The number of carbonyl (C=O) groups excluding carboxylic acids is 1. The zero-order chi connectivity index (χ0) is 14.6. The summed E-state index contributed by atoms with van der Waals surface area (Å²) in [5, 5.41) is 12.1. The molecule has 0 aliphatic heterocycles. The van der Waals surface area contributed by atoms with Gasteiger partial charge in [0.05, 0.1) is 18.1 Å². The summed E-state index contributed by atoms with van der Waals surface area (Å²) in [7, 11) is 3.27. The van der Waals surface area contributed by atoms with Crippen molar-refractivity contribution in [3.05, 3.63) is 0 Å². The lowest BCUT2D eigenvalue weighted by molar-refractivity contribution is -0.148. The molecule has 19 heavy (non-hydrogen) atoms. The number of likely N-dealkylation sites (N-methyl/N-ethyl adjacent to an activating group) is 1. The van der Waals surface area contributed by atoms with Crippen molar-refractivity contribution in [2.45, 2.75) is 45.2 Å². The molecule has 2 amide bonds. The predicted octanol–water partition coefficient (Wildman–Crippen LogP) is 1.31. The highest BCUT2D eigenvalue weighted by molar-refractivity contribution is 5.79. The Morgan fingerprint density at radius 3 is 2.74 bits per heavy atom. The number of carboxylic acid groups (broad SMARTS) is 1. The number of carbonyl (C=O) groups is 2. The average molecular weight is 272 g/mol. The van der Waals surface area contributed by atoms with Gasteiger partial charge in [0, 0.05) is 20.2 Å². The van der Waals surface area contributed by atoms with E-state index < -0.39 is 11.4 Å². The smallest absolute Gasteiger partial charge is 0.317 e. The molecule has 0 heterocycles. The zero-order valence-electron chi connectivity index (χ0n) is 12.1. The first-order chi connectivity index (χ1) is 8.82. The molecule has 0 radical (unpaired) electrons. The predicted molar refractivity (Wildman–Crippen MR) is 71.0 cm³/mol. The summed E-state index contributed by atoms with van der Waals surface area (Å²) in [4.78, 5) is 25.0. The van der Waals surface area contributed by atoms with Crippen molar-refractivity contribution in [2.24, 2.45) is 5.41 Å². The summed E-state index contributed by atoms with van der Waals surface area (Å²) in [5.74, 6) is -0.845. The van der Waals surface area contributed by atoms with Crippen molar-refractivity contribution in [1.29, 1.82) is 0 Å². The van der Waals surface area contributed by atoms with Gasteiger partial charge in [0.15, 0.2) is 0 Å². The maximum absolute atomic E-state index is 12.1. The van der Waals surface area contributed by atoms with Gasteiger partial charge < -0.3 is 20.1 Å². The first-order valence-corrected chi connectivity index (χ1v) is 6.58. The van der Waals surface area contributed by atoms with Crippen molar-refractivity contribution in [2.75, 3.05) is 20.8 Å². The third-order valence-corrected chi connectivity index (χ3v) is 4.13. The van der Waals surface area contributed by atoms with E-state index in [1.165, 1.54) is 0 Å². The monoisotopic (exact) mass is 272 g/mol. The summed E-state index contributed by atoms with van der Waals surface area (Å²) in [5.41, 5.74) is -0.860. The van der Waals surface area contributed by atoms with Gasteiger partial charge in [-0.05, 0) is 26.7 Å². The lowest BCUT2D eigenvalue weighted by Gasteiger charge is -2.31. The van der Waals surface area contributed by atoms with Crippen LogP contribution in [0.1, 0.15) is 33.1 Å². The van der Waals surface area contributed by atoms with Crippen molar-refractivity contribution < 1.29 is 19.4 Å². The molecular weight excluding hydrogens is 248 g/mol. The first-order valence-electron chi connectivity index (χ1n) is 6.58. The van der Waals surface area contributed by atoms with Crippen LogP contribution in [0.15, 0.2) is 0 Å². The summed E-state index contributed by atoms with van der Waals surface area (Å²) >= 11 is 0. The van der Waals surface area contributed by atoms with Crippen LogP contribution in [0.4, 0.5) is 4.79 Å². The number of hydrogen-bond acceptors (Lipinski definition) is 3. The Hall–Kier alpha value is -1.30. The fourth-order valence-electron chi connectivity index (χ4n) is 2.46. The maximum Gasteiger partial charge on any atom is 0.317 e. The number of urea groups is 1. The summed E-state index contributed by atoms with van der Waals surface area (Å²) in [6.07, 6.45) is 2.14. The molecule has 3 atom stereocenters. The summed E-state index contributed by atoms with van der Waals surface area (Å²) < 4.78 is 5.01. The van der Waals surface area contributed by atoms with Gasteiger partial charge in [-0.25, -0.2) is 4.79 Å². The average Bonchev–Trinajstić information content (AvgIpc) is 2.71. The standard InChI is InChI=1S/C13H24N2O4/c1-9(8-19-4)15(3)12(18)14-10-6-5-7-13(10,2)11(16)17/h9-10H,5-8H2,1-4H3,(H,14,18)(H,16,17). The number of methoxy groups -OCH3 is 1. The molecule has 1 saturated carbocycles. The second kappa shape index (κ2) is 6.23. The van der Waals surface area contributed by atoms with Crippen LogP contribution in [-0.4, -0.2) is 54.9 Å². The minimum atomic E-state index is -0.860. The Morgan fingerprint density at radius 1 is 1.58 bits per heavy atom. The van der Waals surface area contributed by atoms with Crippen LogP contribution in [0.3, 0.4) is 0 Å². The van der Waals surface area contributed by atoms with Gasteiger partial charge in [-0.2, -0.15) is 0 Å². The Kier molecular flexibility index (Phi) is 5.17. The zero-order valence-corrected chi connectivity index (χ0v) is 12.1. The molecule has 1 aliphatic rings. The molecule has 0 saturated heterocycles. The number of ether oxygens (including phenoxy) is 1. The fourth-order valence-corrected chi connectivity index (χ4v) is 2.46. The summed E-state index contributed by atoms with van der Waals surface area (Å²) in [6, 6.07) is -0.610. The van der Waals surface area contributed by atoms with Gasteiger partial charge in [0.2, 0.25) is 0 Å². The number of hydrogen-bond donors (Lipinski definition) is 2. The highest BCUT2D eigenvalue weighted by Gasteiger charge is 2.46. The fraction of sp³-hybridized carbons (Fsp3) is 0.846. The number of rotatable bonds is 5. The quantitative estimate of drug-likeness (QED) is 0.791. The molecule has 0 aromatic rings. The largest absolute Gasteiger partial charge is 0.481 e. The molecule has 1 aliphatic carbocycles. The first kappa shape index (κ1) is 15.8. The highest BCUT2D eigenvalue weighted by atomic mass is 16.5. The molecular formula is C13H24N2O4. The number of carboxylic acids is 1. The number of nitrogens with zero attached hydrogens (tertiary/aromatic N) is 1. The van der Waals surface area contributed by atoms with E-state index in [-0.39, 0.29) is 18.1 Å². The molecule has 0 aromatic heterocycles. The third-order valence-electron chi connectivity index (χ3n) is 4.13. The minimum absolute atomic E-state index is 0.0533. The Bertz CT molecular complexity index is 348. The van der Waals surface area contributed by atoms with Crippen molar-refractivity contribution in [3.63, 3.8) is 0 Å². The van der Waals surface area contributed by atoms with Gasteiger partial charge in [-0.15, -0.1) is 0 Å². The van der Waals surface area contributed by atoms with Crippen LogP contribution >= 0.6 is 0 Å². The lowest BCUT2D eigenvalue weighted by Crippen LogP contribution is -2.52. The van der Waals surface area contributed by atoms with Crippen LogP contribution in [0, 0.1) is 5.41 Å².